The zero-order valence-electron chi connectivity index (χ0n) is 16.2. The third kappa shape index (κ3) is 5.98. The first kappa shape index (κ1) is 20.7. The van der Waals surface area contributed by atoms with Crippen LogP contribution in [0.3, 0.4) is 0 Å². The Hall–Kier alpha value is -2.57. The highest BCUT2D eigenvalue weighted by atomic mass is 19.1. The first-order chi connectivity index (χ1) is 12.8. The molecule has 1 aliphatic carbocycles. The normalized spacial score (nSPS) is 21.0. The topological polar surface area (TPSA) is 101 Å². The van der Waals surface area contributed by atoms with Crippen molar-refractivity contribution in [1.82, 2.24) is 4.90 Å². The molecule has 0 spiro atoms. The lowest BCUT2D eigenvalue weighted by Crippen LogP contribution is -2.28. The Bertz CT molecular complexity index is 710. The number of nitrogens with one attached hydrogen (secondary N) is 1. The molecule has 0 amide bonds. The van der Waals surface area contributed by atoms with Crippen LogP contribution in [-0.2, 0) is 4.74 Å². The maximum Gasteiger partial charge on any atom is 0.166 e. The van der Waals surface area contributed by atoms with Crippen molar-refractivity contribution in [3.8, 4) is 0 Å². The van der Waals surface area contributed by atoms with Gasteiger partial charge in [-0.15, -0.1) is 0 Å². The zero-order valence-corrected chi connectivity index (χ0v) is 16.2. The van der Waals surface area contributed by atoms with Gasteiger partial charge in [0.05, 0.1) is 11.4 Å². The largest absolute Gasteiger partial charge is 0.485 e. The molecule has 2 fully saturated rings. The molecule has 0 aromatic carbocycles. The smallest absolute Gasteiger partial charge is 0.166 e. The summed E-state index contributed by atoms with van der Waals surface area (Å²) in [5.74, 6) is 0.227. The van der Waals surface area contributed by atoms with Gasteiger partial charge >= 0.3 is 0 Å². The molecule has 0 bridgehead atoms. The van der Waals surface area contributed by atoms with Crippen LogP contribution in [0.2, 0.25) is 0 Å². The van der Waals surface area contributed by atoms with E-state index in [0.717, 1.165) is 44.6 Å². The SMILES string of the molecule is C=C/C(OC1(C)CC1)=C(F)\C=C(\N)CC(=N)C(N)=CC(=NC)N1CCCC1. The van der Waals surface area contributed by atoms with Crippen LogP contribution in [0.4, 0.5) is 4.39 Å². The van der Waals surface area contributed by atoms with Crippen LogP contribution in [0.5, 0.6) is 0 Å². The summed E-state index contributed by atoms with van der Waals surface area (Å²) in [5, 5.41) is 8.14. The molecule has 0 aromatic heterocycles. The lowest BCUT2D eigenvalue weighted by Gasteiger charge is -2.17. The van der Waals surface area contributed by atoms with Gasteiger partial charge in [-0.2, -0.15) is 0 Å². The molecular formula is C20H30FN5O. The van der Waals surface area contributed by atoms with Gasteiger partial charge in [0.1, 0.15) is 11.4 Å². The minimum absolute atomic E-state index is 0.0361. The maximum atomic E-state index is 14.4. The minimum atomic E-state index is -0.598. The number of amidine groups is 1. The highest BCUT2D eigenvalue weighted by Crippen LogP contribution is 2.41. The summed E-state index contributed by atoms with van der Waals surface area (Å²) in [6, 6.07) is 0. The molecule has 6 nitrogen and oxygen atoms in total. The second-order valence-corrected chi connectivity index (χ2v) is 7.22. The van der Waals surface area contributed by atoms with Gasteiger partial charge in [-0.1, -0.05) is 6.58 Å². The molecule has 2 aliphatic rings. The second kappa shape index (κ2) is 8.88. The number of nitrogens with zero attached hydrogens (tertiary/aromatic N) is 2. The highest BCUT2D eigenvalue weighted by molar-refractivity contribution is 6.05. The molecule has 0 aromatic rings. The van der Waals surface area contributed by atoms with Gasteiger partial charge in [-0.05, 0) is 44.8 Å². The number of halogens is 1. The van der Waals surface area contributed by atoms with Crippen LogP contribution >= 0.6 is 0 Å². The van der Waals surface area contributed by atoms with Crippen molar-refractivity contribution >= 4 is 11.5 Å². The van der Waals surface area contributed by atoms with E-state index in [1.54, 1.807) is 13.1 Å². The van der Waals surface area contributed by atoms with E-state index in [1.165, 1.54) is 12.2 Å². The van der Waals surface area contributed by atoms with Crippen molar-refractivity contribution in [3.05, 3.63) is 47.8 Å². The molecule has 1 saturated heterocycles. The first-order valence-electron chi connectivity index (χ1n) is 9.22. The number of nitrogens with two attached hydrogens (primary N) is 2. The number of hydrogen-bond acceptors (Lipinski definition) is 5. The van der Waals surface area contributed by atoms with Crippen molar-refractivity contribution in [3.63, 3.8) is 0 Å². The molecule has 0 unspecified atom stereocenters. The van der Waals surface area contributed by atoms with Gasteiger partial charge in [-0.25, -0.2) is 4.39 Å². The predicted molar refractivity (Wildman–Crippen MR) is 108 cm³/mol. The third-order valence-electron chi connectivity index (χ3n) is 4.72. The van der Waals surface area contributed by atoms with E-state index < -0.39 is 5.83 Å². The van der Waals surface area contributed by atoms with Gasteiger partial charge in [-0.3, -0.25) is 4.99 Å². The Balaban J connectivity index is 2.03. The molecule has 0 radical (unpaired) electrons. The molecule has 0 atom stereocenters. The molecule has 7 heteroatoms. The van der Waals surface area contributed by atoms with Crippen LogP contribution in [0.1, 0.15) is 39.0 Å². The Morgan fingerprint density at radius 1 is 1.30 bits per heavy atom. The number of hydrogen-bond donors (Lipinski definition) is 3. The van der Waals surface area contributed by atoms with Gasteiger partial charge in [0.2, 0.25) is 0 Å². The summed E-state index contributed by atoms with van der Waals surface area (Å²) in [4.78, 5) is 6.38. The van der Waals surface area contributed by atoms with Gasteiger partial charge < -0.3 is 26.5 Å². The van der Waals surface area contributed by atoms with Crippen molar-refractivity contribution in [1.29, 1.82) is 5.41 Å². The van der Waals surface area contributed by atoms with E-state index in [4.69, 9.17) is 21.6 Å². The fraction of sp³-hybridized carbons (Fsp3) is 0.500. The molecule has 148 valence electrons. The van der Waals surface area contributed by atoms with Crippen molar-refractivity contribution < 1.29 is 9.13 Å². The first-order valence-corrected chi connectivity index (χ1v) is 9.22. The standard InChI is InChI=1S/C20H30FN5O/c1-4-18(27-20(2)7-8-20)15(21)11-14(22)12-16(23)17(24)13-19(25-3)26-9-5-6-10-26/h4,11,13,23H,1,5-10,12,22,24H2,2-3H3/b14-11+,17-13?,18-15-,23-16?,25-19?. The number of rotatable bonds is 8. The van der Waals surface area contributed by atoms with E-state index in [1.807, 2.05) is 6.92 Å². The summed E-state index contributed by atoms with van der Waals surface area (Å²) < 4.78 is 20.0. The summed E-state index contributed by atoms with van der Waals surface area (Å²) in [5.41, 5.74) is 12.2. The van der Waals surface area contributed by atoms with E-state index in [-0.39, 0.29) is 34.9 Å². The lowest BCUT2D eigenvalue weighted by molar-refractivity contribution is 0.114. The number of aliphatic imine (C=N–C) groups is 1. The van der Waals surface area contributed by atoms with Crippen molar-refractivity contribution in [2.24, 2.45) is 16.5 Å². The van der Waals surface area contributed by atoms with E-state index in [9.17, 15) is 4.39 Å². The summed E-state index contributed by atoms with van der Waals surface area (Å²) in [6.07, 6.45) is 8.24. The second-order valence-electron chi connectivity index (χ2n) is 7.22. The molecule has 2 rings (SSSR count). The Kier molecular flexibility index (Phi) is 6.82. The number of likely N-dealkylation sites (tertiary alicyclic amines) is 1. The lowest BCUT2D eigenvalue weighted by atomic mass is 10.1. The molecule has 1 saturated carbocycles. The van der Waals surface area contributed by atoms with Crippen LogP contribution in [0.15, 0.2) is 52.8 Å². The van der Waals surface area contributed by atoms with E-state index in [2.05, 4.69) is 16.5 Å². The summed E-state index contributed by atoms with van der Waals surface area (Å²) >= 11 is 0. The quantitative estimate of drug-likeness (QED) is 0.262. The molecule has 1 heterocycles. The molecule has 1 aliphatic heterocycles. The predicted octanol–water partition coefficient (Wildman–Crippen LogP) is 3.14. The minimum Gasteiger partial charge on any atom is -0.485 e. The van der Waals surface area contributed by atoms with Gasteiger partial charge in [0, 0.05) is 38.3 Å². The third-order valence-corrected chi connectivity index (χ3v) is 4.72. The monoisotopic (exact) mass is 375 g/mol. The molecule has 27 heavy (non-hydrogen) atoms. The van der Waals surface area contributed by atoms with Crippen LogP contribution < -0.4 is 11.5 Å². The fourth-order valence-corrected chi connectivity index (χ4v) is 2.79. The maximum absolute atomic E-state index is 14.4. The van der Waals surface area contributed by atoms with E-state index in [0.29, 0.717) is 0 Å². The number of ether oxygens (including phenoxy) is 1. The zero-order chi connectivity index (χ0) is 20.0. The molecular weight excluding hydrogens is 345 g/mol. The Morgan fingerprint density at radius 2 is 1.93 bits per heavy atom. The molecule has 5 N–H and O–H groups in total. The fourth-order valence-electron chi connectivity index (χ4n) is 2.79. The average Bonchev–Trinajstić information content (AvgIpc) is 3.11. The Labute approximate surface area is 160 Å². The highest BCUT2D eigenvalue weighted by Gasteiger charge is 2.40. The van der Waals surface area contributed by atoms with Crippen LogP contribution in [0, 0.1) is 5.41 Å². The van der Waals surface area contributed by atoms with Crippen LogP contribution in [0.25, 0.3) is 0 Å². The van der Waals surface area contributed by atoms with Crippen molar-refractivity contribution in [2.75, 3.05) is 20.1 Å². The van der Waals surface area contributed by atoms with Crippen LogP contribution in [-0.4, -0.2) is 42.2 Å². The number of allylic oxidation sites excluding steroid dienone is 5. The van der Waals surface area contributed by atoms with E-state index >= 15 is 0 Å². The Morgan fingerprint density at radius 3 is 2.44 bits per heavy atom. The van der Waals surface area contributed by atoms with Gasteiger partial charge in [0.25, 0.3) is 0 Å². The van der Waals surface area contributed by atoms with Crippen molar-refractivity contribution in [2.45, 2.75) is 44.6 Å². The summed E-state index contributed by atoms with van der Waals surface area (Å²) in [7, 11) is 1.70. The average molecular weight is 375 g/mol. The summed E-state index contributed by atoms with van der Waals surface area (Å²) in [6.45, 7) is 7.38. The van der Waals surface area contributed by atoms with Gasteiger partial charge in [0.15, 0.2) is 11.6 Å².